The van der Waals surface area contributed by atoms with Crippen molar-refractivity contribution in [2.75, 3.05) is 32.1 Å². The number of benzene rings is 1. The summed E-state index contributed by atoms with van der Waals surface area (Å²) in [5.41, 5.74) is -0.539. The zero-order valence-corrected chi connectivity index (χ0v) is 23.6. The van der Waals surface area contributed by atoms with Crippen LogP contribution in [0.4, 0.5) is 5.69 Å². The zero-order valence-electron chi connectivity index (χ0n) is 23.6. The summed E-state index contributed by atoms with van der Waals surface area (Å²) in [7, 11) is 1.58. The summed E-state index contributed by atoms with van der Waals surface area (Å²) < 4.78 is 11.8. The number of ether oxygens (including phenoxy) is 2. The number of hydrogen-bond donors (Lipinski definition) is 2. The Kier molecular flexibility index (Phi) is 7.61. The number of carbonyl (C=O) groups excluding carboxylic acids is 3. The highest BCUT2D eigenvalue weighted by atomic mass is 16.5. The van der Waals surface area contributed by atoms with Crippen molar-refractivity contribution in [3.05, 3.63) is 36.4 Å². The number of amides is 3. The molecule has 1 aliphatic carbocycles. The molecule has 2 N–H and O–H groups in total. The molecule has 3 saturated heterocycles. The minimum absolute atomic E-state index is 0.116. The number of methoxy groups -OCH3 is 1. The lowest BCUT2D eigenvalue weighted by molar-refractivity contribution is -0.141. The summed E-state index contributed by atoms with van der Waals surface area (Å²) in [6.45, 7) is 4.38. The number of piperidine rings is 1. The van der Waals surface area contributed by atoms with E-state index < -0.39 is 29.6 Å². The number of hydrogen-bond acceptors (Lipinski definition) is 6. The third-order valence-corrected chi connectivity index (χ3v) is 9.78. The Bertz CT molecular complexity index is 1170. The summed E-state index contributed by atoms with van der Waals surface area (Å²) in [6.07, 6.45) is 12.0. The molecule has 0 aromatic heterocycles. The highest BCUT2D eigenvalue weighted by Crippen LogP contribution is 2.55. The van der Waals surface area contributed by atoms with E-state index in [4.69, 9.17) is 9.47 Å². The smallest absolute Gasteiger partial charge is 0.246 e. The van der Waals surface area contributed by atoms with Gasteiger partial charge in [-0.3, -0.25) is 19.3 Å². The topological polar surface area (TPSA) is 100 Å². The molecule has 4 fully saturated rings. The number of likely N-dealkylation sites (tertiary alicyclic amines) is 2. The lowest BCUT2D eigenvalue weighted by atomic mass is 9.74. The Morgan fingerprint density at radius 1 is 1.07 bits per heavy atom. The van der Waals surface area contributed by atoms with Gasteiger partial charge in [0.2, 0.25) is 17.7 Å². The highest BCUT2D eigenvalue weighted by molar-refractivity contribution is 6.02. The van der Waals surface area contributed by atoms with Crippen molar-refractivity contribution in [3.8, 4) is 5.75 Å². The van der Waals surface area contributed by atoms with E-state index in [0.717, 1.165) is 45.1 Å². The molecule has 5 aliphatic rings. The van der Waals surface area contributed by atoms with Crippen LogP contribution >= 0.6 is 0 Å². The van der Waals surface area contributed by atoms with Crippen molar-refractivity contribution in [1.82, 2.24) is 15.1 Å². The maximum atomic E-state index is 14.2. The molecule has 4 heterocycles. The molecule has 4 aliphatic heterocycles. The molecule has 1 spiro atoms. The Morgan fingerprint density at radius 2 is 1.88 bits per heavy atom. The Hall–Kier alpha value is -2.91. The lowest BCUT2D eigenvalue weighted by Crippen LogP contribution is -2.57. The van der Waals surface area contributed by atoms with E-state index in [1.807, 2.05) is 24.3 Å². The maximum Gasteiger partial charge on any atom is 0.246 e. The van der Waals surface area contributed by atoms with Crippen molar-refractivity contribution < 1.29 is 23.9 Å². The fourth-order valence-corrected chi connectivity index (χ4v) is 7.69. The second-order valence-corrected chi connectivity index (χ2v) is 12.2. The van der Waals surface area contributed by atoms with E-state index in [2.05, 4.69) is 22.5 Å². The van der Waals surface area contributed by atoms with Gasteiger partial charge in [-0.05, 0) is 51.3 Å². The molecule has 9 nitrogen and oxygen atoms in total. The van der Waals surface area contributed by atoms with Crippen LogP contribution in [0.1, 0.15) is 58.3 Å². The summed E-state index contributed by atoms with van der Waals surface area (Å²) in [4.78, 5) is 46.0. The van der Waals surface area contributed by atoms with Crippen molar-refractivity contribution >= 4 is 23.4 Å². The summed E-state index contributed by atoms with van der Waals surface area (Å²) in [5.74, 6) is -1.42. The van der Waals surface area contributed by atoms with Gasteiger partial charge in [-0.1, -0.05) is 43.9 Å². The number of fused-ring (bicyclic) bond motifs is 1. The molecule has 6 atom stereocenters. The molecule has 2 bridgehead atoms. The van der Waals surface area contributed by atoms with Crippen LogP contribution in [0.3, 0.4) is 0 Å². The number of carbonyl (C=O) groups is 3. The first-order chi connectivity index (χ1) is 19.4. The van der Waals surface area contributed by atoms with E-state index in [1.165, 1.54) is 12.8 Å². The van der Waals surface area contributed by atoms with Crippen LogP contribution in [-0.2, 0) is 19.1 Å². The number of rotatable bonds is 8. The van der Waals surface area contributed by atoms with E-state index in [-0.39, 0.29) is 23.8 Å². The minimum atomic E-state index is -1.13. The predicted molar refractivity (Wildman–Crippen MR) is 151 cm³/mol. The van der Waals surface area contributed by atoms with Gasteiger partial charge >= 0.3 is 0 Å². The second kappa shape index (κ2) is 11.2. The van der Waals surface area contributed by atoms with Crippen LogP contribution in [-0.4, -0.2) is 84.1 Å². The van der Waals surface area contributed by atoms with Gasteiger partial charge in [0.05, 0.1) is 25.0 Å². The fourth-order valence-electron chi connectivity index (χ4n) is 7.69. The first-order valence-electron chi connectivity index (χ1n) is 15.1. The molecule has 9 heteroatoms. The third kappa shape index (κ3) is 4.81. The van der Waals surface area contributed by atoms with Crippen molar-refractivity contribution in [2.45, 2.75) is 88.1 Å². The standard InChI is InChI=1S/C31H42N4O5/c1-20-9-6-7-16-34(20)17-18-35-27(29(37)32-21-10-4-3-5-11-21)31-15-14-24(40-31)25(26(31)30(35)38)28(36)33-22-12-8-13-23(19-22)39-2/h8,12-15,19-21,24-27H,3-7,9-11,16-18H2,1-2H3,(H,32,37)(H,33,36)/t20-,24+,25-,26+,27-,31+/m1/s1. The van der Waals surface area contributed by atoms with E-state index in [9.17, 15) is 14.4 Å². The number of anilines is 1. The van der Waals surface area contributed by atoms with Crippen molar-refractivity contribution in [2.24, 2.45) is 11.8 Å². The van der Waals surface area contributed by atoms with Gasteiger partial charge in [0.1, 0.15) is 17.4 Å². The molecule has 1 aromatic carbocycles. The second-order valence-electron chi connectivity index (χ2n) is 12.2. The number of nitrogens with one attached hydrogen (secondary N) is 2. The quantitative estimate of drug-likeness (QED) is 0.483. The van der Waals surface area contributed by atoms with Gasteiger partial charge in [-0.15, -0.1) is 0 Å². The molecule has 1 saturated carbocycles. The van der Waals surface area contributed by atoms with Crippen LogP contribution in [0.5, 0.6) is 5.75 Å². The van der Waals surface area contributed by atoms with E-state index in [1.54, 1.807) is 24.1 Å². The highest BCUT2D eigenvalue weighted by Gasteiger charge is 2.72. The molecule has 0 radical (unpaired) electrons. The normalized spacial score (nSPS) is 33.7. The van der Waals surface area contributed by atoms with Crippen LogP contribution in [0.25, 0.3) is 0 Å². The average molecular weight is 551 g/mol. The van der Waals surface area contributed by atoms with E-state index >= 15 is 0 Å². The molecule has 0 unspecified atom stereocenters. The van der Waals surface area contributed by atoms with Crippen molar-refractivity contribution in [1.29, 1.82) is 0 Å². The lowest BCUT2D eigenvalue weighted by Gasteiger charge is -2.37. The third-order valence-electron chi connectivity index (χ3n) is 9.78. The monoisotopic (exact) mass is 550 g/mol. The van der Waals surface area contributed by atoms with Gasteiger partial charge in [-0.25, -0.2) is 0 Å². The van der Waals surface area contributed by atoms with Crippen LogP contribution < -0.4 is 15.4 Å². The zero-order chi connectivity index (χ0) is 27.9. The first kappa shape index (κ1) is 27.3. The molecule has 1 aromatic rings. The fraction of sp³-hybridized carbons (Fsp3) is 0.645. The maximum absolute atomic E-state index is 14.2. The Balaban J connectivity index is 1.27. The SMILES string of the molecule is COc1cccc(NC(=O)[C@@H]2[C@@H]3C=C[C@]4(O3)[C@@H]2C(=O)N(CCN2CCCC[C@H]2C)[C@@H]4C(=O)NC2CCCCC2)c1. The predicted octanol–water partition coefficient (Wildman–Crippen LogP) is 3.11. The summed E-state index contributed by atoms with van der Waals surface area (Å²) in [6, 6.07) is 6.94. The first-order valence-corrected chi connectivity index (χ1v) is 15.1. The molecule has 6 rings (SSSR count). The molecule has 40 heavy (non-hydrogen) atoms. The van der Waals surface area contributed by atoms with Gasteiger partial charge in [0.25, 0.3) is 0 Å². The average Bonchev–Trinajstić information content (AvgIpc) is 3.60. The van der Waals surface area contributed by atoms with Gasteiger partial charge in [-0.2, -0.15) is 0 Å². The van der Waals surface area contributed by atoms with Gasteiger partial charge in [0.15, 0.2) is 0 Å². The van der Waals surface area contributed by atoms with Crippen LogP contribution in [0, 0.1) is 11.8 Å². The Morgan fingerprint density at radius 3 is 2.65 bits per heavy atom. The Labute approximate surface area is 236 Å². The summed E-state index contributed by atoms with van der Waals surface area (Å²) >= 11 is 0. The molecule has 3 amide bonds. The minimum Gasteiger partial charge on any atom is -0.497 e. The molecule has 216 valence electrons. The summed E-state index contributed by atoms with van der Waals surface area (Å²) in [5, 5.41) is 6.25. The largest absolute Gasteiger partial charge is 0.497 e. The van der Waals surface area contributed by atoms with Crippen LogP contribution in [0.15, 0.2) is 36.4 Å². The van der Waals surface area contributed by atoms with Gasteiger partial charge < -0.3 is 25.0 Å². The van der Waals surface area contributed by atoms with Crippen molar-refractivity contribution in [3.63, 3.8) is 0 Å². The number of nitrogens with zero attached hydrogens (tertiary/aromatic N) is 2. The van der Waals surface area contributed by atoms with Crippen LogP contribution in [0.2, 0.25) is 0 Å². The molecular formula is C31H42N4O5. The molecular weight excluding hydrogens is 508 g/mol. The van der Waals surface area contributed by atoms with Gasteiger partial charge in [0, 0.05) is 36.9 Å². The van der Waals surface area contributed by atoms with E-state index in [0.29, 0.717) is 30.6 Å².